The third-order valence-corrected chi connectivity index (χ3v) is 4.30. The average Bonchev–Trinajstić information content (AvgIpc) is 2.38. The molecule has 0 amide bonds. The first-order valence-electron chi connectivity index (χ1n) is 5.66. The van der Waals surface area contributed by atoms with E-state index in [1.807, 2.05) is 0 Å². The molecule has 82 valence electrons. The predicted octanol–water partition coefficient (Wildman–Crippen LogP) is 2.89. The predicted molar refractivity (Wildman–Crippen MR) is 59.9 cm³/mol. The van der Waals surface area contributed by atoms with Gasteiger partial charge in [-0.15, -0.1) is 0 Å². The second-order valence-corrected chi connectivity index (χ2v) is 5.07. The molecule has 2 aliphatic rings. The van der Waals surface area contributed by atoms with Crippen molar-refractivity contribution < 1.29 is 9.47 Å². The summed E-state index contributed by atoms with van der Waals surface area (Å²) in [4.78, 5) is 0. The molecular weight excluding hydrogens is 244 g/mol. The van der Waals surface area contributed by atoms with Crippen LogP contribution < -0.4 is 0 Å². The van der Waals surface area contributed by atoms with E-state index in [1.165, 1.54) is 38.5 Å². The minimum absolute atomic E-state index is 0.116. The van der Waals surface area contributed by atoms with Crippen LogP contribution in [-0.4, -0.2) is 30.2 Å². The normalized spacial score (nSPS) is 28.1. The van der Waals surface area contributed by atoms with Crippen LogP contribution >= 0.6 is 15.9 Å². The van der Waals surface area contributed by atoms with Crippen LogP contribution in [0.5, 0.6) is 0 Å². The Bertz CT molecular complexity index is 172. The van der Waals surface area contributed by atoms with Crippen LogP contribution in [0.25, 0.3) is 0 Å². The van der Waals surface area contributed by atoms with E-state index in [-0.39, 0.29) is 5.60 Å². The first-order valence-corrected chi connectivity index (χ1v) is 6.78. The number of alkyl halides is 1. The Labute approximate surface area is 94.5 Å². The number of hydrogen-bond donors (Lipinski definition) is 0. The second-order valence-electron chi connectivity index (χ2n) is 4.51. The molecule has 1 heterocycles. The quantitative estimate of drug-likeness (QED) is 0.575. The van der Waals surface area contributed by atoms with Crippen molar-refractivity contribution in [2.75, 3.05) is 18.5 Å². The highest BCUT2D eigenvalue weighted by atomic mass is 79.9. The molecule has 2 fully saturated rings. The van der Waals surface area contributed by atoms with Crippen molar-refractivity contribution >= 4 is 15.9 Å². The summed E-state index contributed by atoms with van der Waals surface area (Å²) in [5, 5.41) is 0.983. The fraction of sp³-hybridized carbons (Fsp3) is 1.00. The summed E-state index contributed by atoms with van der Waals surface area (Å²) < 4.78 is 11.3. The third-order valence-electron chi connectivity index (χ3n) is 3.28. The topological polar surface area (TPSA) is 18.5 Å². The van der Waals surface area contributed by atoms with Gasteiger partial charge in [0.2, 0.25) is 0 Å². The van der Waals surface area contributed by atoms with Crippen LogP contribution in [0.4, 0.5) is 0 Å². The van der Waals surface area contributed by atoms with Crippen LogP contribution in [0.1, 0.15) is 38.5 Å². The van der Waals surface area contributed by atoms with Crippen molar-refractivity contribution in [2.24, 2.45) is 0 Å². The van der Waals surface area contributed by atoms with Gasteiger partial charge < -0.3 is 9.47 Å². The van der Waals surface area contributed by atoms with Gasteiger partial charge in [0.25, 0.3) is 0 Å². The zero-order valence-corrected chi connectivity index (χ0v) is 10.2. The summed E-state index contributed by atoms with van der Waals surface area (Å²) >= 11 is 3.62. The Morgan fingerprint density at radius 3 is 2.21 bits per heavy atom. The number of rotatable bonds is 3. The van der Waals surface area contributed by atoms with Gasteiger partial charge in [0.1, 0.15) is 6.10 Å². The molecule has 1 saturated carbocycles. The summed E-state index contributed by atoms with van der Waals surface area (Å²) in [7, 11) is 0. The molecule has 1 aliphatic carbocycles. The summed E-state index contributed by atoms with van der Waals surface area (Å²) in [6.45, 7) is 1.60. The van der Waals surface area contributed by atoms with Crippen molar-refractivity contribution in [3.8, 4) is 0 Å². The lowest BCUT2D eigenvalue weighted by atomic mass is 9.96. The summed E-state index contributed by atoms with van der Waals surface area (Å²) in [5.74, 6) is 0. The Kier molecular flexibility index (Phi) is 3.86. The largest absolute Gasteiger partial charge is 0.376 e. The summed E-state index contributed by atoms with van der Waals surface area (Å²) in [5.41, 5.74) is 0.116. The van der Waals surface area contributed by atoms with Crippen molar-refractivity contribution in [2.45, 2.75) is 50.2 Å². The highest BCUT2D eigenvalue weighted by molar-refractivity contribution is 9.09. The Morgan fingerprint density at radius 2 is 1.79 bits per heavy atom. The molecule has 0 spiro atoms. The highest BCUT2D eigenvalue weighted by Crippen LogP contribution is 2.34. The molecule has 0 N–H and O–H groups in total. The fourth-order valence-corrected chi connectivity index (χ4v) is 2.98. The van der Waals surface area contributed by atoms with Crippen molar-refractivity contribution in [1.82, 2.24) is 0 Å². The van der Waals surface area contributed by atoms with E-state index < -0.39 is 0 Å². The summed E-state index contributed by atoms with van der Waals surface area (Å²) in [6.07, 6.45) is 8.19. The molecule has 2 nitrogen and oxygen atoms in total. The Morgan fingerprint density at radius 1 is 1.14 bits per heavy atom. The van der Waals surface area contributed by atoms with Gasteiger partial charge >= 0.3 is 0 Å². The lowest BCUT2D eigenvalue weighted by Crippen LogP contribution is -2.46. The molecule has 1 aliphatic heterocycles. The van der Waals surface area contributed by atoms with E-state index in [2.05, 4.69) is 15.9 Å². The zero-order chi connectivity index (χ0) is 9.86. The lowest BCUT2D eigenvalue weighted by molar-refractivity contribution is -0.188. The van der Waals surface area contributed by atoms with Crippen LogP contribution in [-0.2, 0) is 9.47 Å². The molecule has 0 aromatic carbocycles. The minimum atomic E-state index is 0.116. The van der Waals surface area contributed by atoms with Gasteiger partial charge in [0.15, 0.2) is 0 Å². The van der Waals surface area contributed by atoms with Crippen LogP contribution in [0.2, 0.25) is 0 Å². The smallest absolute Gasteiger partial charge is 0.105 e. The monoisotopic (exact) mass is 262 g/mol. The van der Waals surface area contributed by atoms with E-state index >= 15 is 0 Å². The Hall–Kier alpha value is 0.400. The van der Waals surface area contributed by atoms with Crippen LogP contribution in [0.3, 0.4) is 0 Å². The van der Waals surface area contributed by atoms with Crippen molar-refractivity contribution in [3.63, 3.8) is 0 Å². The molecule has 3 heteroatoms. The van der Waals surface area contributed by atoms with Crippen LogP contribution in [0.15, 0.2) is 0 Å². The van der Waals surface area contributed by atoms with Gasteiger partial charge in [-0.05, 0) is 12.8 Å². The van der Waals surface area contributed by atoms with E-state index in [4.69, 9.17) is 9.47 Å². The van der Waals surface area contributed by atoms with Gasteiger partial charge in [-0.3, -0.25) is 0 Å². The van der Waals surface area contributed by atoms with Gasteiger partial charge in [0.05, 0.1) is 18.8 Å². The lowest BCUT2D eigenvalue weighted by Gasteiger charge is -2.38. The third kappa shape index (κ3) is 2.50. The molecule has 2 rings (SSSR count). The second kappa shape index (κ2) is 4.95. The molecule has 0 atom stereocenters. The number of halogens is 1. The highest BCUT2D eigenvalue weighted by Gasteiger charge is 2.35. The van der Waals surface area contributed by atoms with Gasteiger partial charge in [-0.25, -0.2) is 0 Å². The number of hydrogen-bond acceptors (Lipinski definition) is 2. The average molecular weight is 263 g/mol. The molecule has 0 aromatic heterocycles. The van der Waals surface area contributed by atoms with E-state index in [0.29, 0.717) is 6.10 Å². The maximum Gasteiger partial charge on any atom is 0.105 e. The Balaban J connectivity index is 1.90. The van der Waals surface area contributed by atoms with E-state index in [9.17, 15) is 0 Å². The molecule has 0 radical (unpaired) electrons. The van der Waals surface area contributed by atoms with E-state index in [0.717, 1.165) is 18.5 Å². The zero-order valence-electron chi connectivity index (χ0n) is 8.64. The van der Waals surface area contributed by atoms with E-state index in [1.54, 1.807) is 0 Å². The molecular formula is C11H19BrO2. The SMILES string of the molecule is BrCC1(OC2COC2)CCCCCC1. The van der Waals surface area contributed by atoms with Gasteiger partial charge in [-0.2, -0.15) is 0 Å². The molecule has 0 unspecified atom stereocenters. The van der Waals surface area contributed by atoms with Crippen LogP contribution in [0, 0.1) is 0 Å². The minimum Gasteiger partial charge on any atom is -0.376 e. The van der Waals surface area contributed by atoms with Crippen molar-refractivity contribution in [1.29, 1.82) is 0 Å². The molecule has 0 bridgehead atoms. The maximum absolute atomic E-state index is 6.17. The maximum atomic E-state index is 6.17. The van der Waals surface area contributed by atoms with Gasteiger partial charge in [-0.1, -0.05) is 41.6 Å². The summed E-state index contributed by atoms with van der Waals surface area (Å²) in [6, 6.07) is 0. The molecule has 14 heavy (non-hydrogen) atoms. The molecule has 0 aromatic rings. The molecule has 1 saturated heterocycles. The fourth-order valence-electron chi connectivity index (χ4n) is 2.29. The first kappa shape index (κ1) is 10.9. The first-order chi connectivity index (χ1) is 6.85. The number of ether oxygens (including phenoxy) is 2. The standard InChI is InChI=1S/C11H19BrO2/c12-9-11(14-10-7-13-8-10)5-3-1-2-4-6-11/h10H,1-9H2. The van der Waals surface area contributed by atoms with Gasteiger partial charge in [0, 0.05) is 5.33 Å². The van der Waals surface area contributed by atoms with Crippen molar-refractivity contribution in [3.05, 3.63) is 0 Å².